The average molecular weight is 296 g/mol. The number of hydrogen-bond acceptors (Lipinski definition) is 3. The summed E-state index contributed by atoms with van der Waals surface area (Å²) < 4.78 is 13.0. The van der Waals surface area contributed by atoms with E-state index in [1.165, 1.54) is 12.1 Å². The minimum Gasteiger partial charge on any atom is -0.368 e. The number of H-pyrrole nitrogens is 1. The fourth-order valence-electron chi connectivity index (χ4n) is 2.92. The van der Waals surface area contributed by atoms with Crippen LogP contribution in [0.1, 0.15) is 0 Å². The number of fused-ring (bicyclic) bond motifs is 1. The summed E-state index contributed by atoms with van der Waals surface area (Å²) in [6.45, 7) is 3.61. The molecule has 5 heteroatoms. The topological polar surface area (TPSA) is 35.2 Å². The molecule has 1 saturated heterocycles. The van der Waals surface area contributed by atoms with Crippen molar-refractivity contribution in [2.45, 2.75) is 0 Å². The number of aromatic amines is 1. The molecule has 1 aliphatic heterocycles. The molecule has 112 valence electrons. The number of aromatic nitrogens is 2. The number of nitrogens with one attached hydrogen (secondary N) is 1. The van der Waals surface area contributed by atoms with Gasteiger partial charge in [0.25, 0.3) is 0 Å². The van der Waals surface area contributed by atoms with E-state index in [9.17, 15) is 4.39 Å². The van der Waals surface area contributed by atoms with Crippen molar-refractivity contribution in [3.05, 3.63) is 54.3 Å². The van der Waals surface area contributed by atoms with Crippen LogP contribution in [0.4, 0.5) is 16.0 Å². The summed E-state index contributed by atoms with van der Waals surface area (Å²) in [5.41, 5.74) is 3.14. The van der Waals surface area contributed by atoms with E-state index in [1.807, 2.05) is 36.4 Å². The summed E-state index contributed by atoms with van der Waals surface area (Å²) in [6, 6.07) is 14.8. The third-order valence-electron chi connectivity index (χ3n) is 4.15. The fraction of sp³-hybridized carbons (Fsp3) is 0.235. The molecule has 2 aromatic carbocycles. The Hall–Kier alpha value is -2.56. The fourth-order valence-corrected chi connectivity index (χ4v) is 2.92. The predicted molar refractivity (Wildman–Crippen MR) is 86.9 cm³/mol. The van der Waals surface area contributed by atoms with Gasteiger partial charge in [-0.1, -0.05) is 12.1 Å². The summed E-state index contributed by atoms with van der Waals surface area (Å²) in [7, 11) is 0. The van der Waals surface area contributed by atoms with Gasteiger partial charge in [0.2, 0.25) is 5.95 Å². The summed E-state index contributed by atoms with van der Waals surface area (Å²) >= 11 is 0. The van der Waals surface area contributed by atoms with Gasteiger partial charge in [-0.2, -0.15) is 0 Å². The number of piperazine rings is 1. The molecule has 0 aliphatic carbocycles. The third kappa shape index (κ3) is 2.39. The highest BCUT2D eigenvalue weighted by Crippen LogP contribution is 2.21. The first kappa shape index (κ1) is 13.1. The van der Waals surface area contributed by atoms with Crippen LogP contribution in [-0.4, -0.2) is 36.1 Å². The number of para-hydroxylation sites is 2. The number of anilines is 2. The lowest BCUT2D eigenvalue weighted by Gasteiger charge is -2.36. The van der Waals surface area contributed by atoms with E-state index in [2.05, 4.69) is 19.8 Å². The van der Waals surface area contributed by atoms with Crippen molar-refractivity contribution >= 4 is 22.7 Å². The maximum absolute atomic E-state index is 13.0. The van der Waals surface area contributed by atoms with Gasteiger partial charge in [0.15, 0.2) is 0 Å². The van der Waals surface area contributed by atoms with Crippen molar-refractivity contribution in [3.63, 3.8) is 0 Å². The molecular formula is C17H17FN4. The number of rotatable bonds is 2. The standard InChI is InChI=1S/C17H17FN4/c18-13-5-7-14(8-6-13)21-9-11-22(12-10-21)17-19-15-3-1-2-4-16(15)20-17/h1-8H,9-12H2,(H,19,20). The quantitative estimate of drug-likeness (QED) is 0.789. The van der Waals surface area contributed by atoms with Crippen LogP contribution in [0.15, 0.2) is 48.5 Å². The molecule has 4 nitrogen and oxygen atoms in total. The Balaban J connectivity index is 1.48. The summed E-state index contributed by atoms with van der Waals surface area (Å²) in [5, 5.41) is 0. The van der Waals surface area contributed by atoms with E-state index < -0.39 is 0 Å². The molecule has 0 atom stereocenters. The van der Waals surface area contributed by atoms with Gasteiger partial charge in [-0.15, -0.1) is 0 Å². The molecular weight excluding hydrogens is 279 g/mol. The van der Waals surface area contributed by atoms with Crippen LogP contribution >= 0.6 is 0 Å². The SMILES string of the molecule is Fc1ccc(N2CCN(c3nc4ccccc4[nH]3)CC2)cc1. The largest absolute Gasteiger partial charge is 0.368 e. The maximum atomic E-state index is 13.0. The van der Waals surface area contributed by atoms with Crippen LogP contribution < -0.4 is 9.80 Å². The number of hydrogen-bond donors (Lipinski definition) is 1. The first-order valence-corrected chi connectivity index (χ1v) is 7.50. The predicted octanol–water partition coefficient (Wildman–Crippen LogP) is 3.03. The minimum atomic E-state index is -0.190. The van der Waals surface area contributed by atoms with Gasteiger partial charge in [-0.25, -0.2) is 9.37 Å². The molecule has 0 amide bonds. The molecule has 2 heterocycles. The number of imidazole rings is 1. The lowest BCUT2D eigenvalue weighted by atomic mass is 10.2. The number of nitrogens with zero attached hydrogens (tertiary/aromatic N) is 3. The Morgan fingerprint density at radius 1 is 0.864 bits per heavy atom. The molecule has 0 spiro atoms. The minimum absolute atomic E-state index is 0.190. The van der Waals surface area contributed by atoms with Crippen LogP contribution in [0, 0.1) is 5.82 Å². The second kappa shape index (κ2) is 5.33. The Morgan fingerprint density at radius 3 is 2.27 bits per heavy atom. The lowest BCUT2D eigenvalue weighted by molar-refractivity contribution is 0.623. The van der Waals surface area contributed by atoms with Crippen molar-refractivity contribution in [1.82, 2.24) is 9.97 Å². The van der Waals surface area contributed by atoms with E-state index in [4.69, 9.17) is 0 Å². The van der Waals surface area contributed by atoms with E-state index in [1.54, 1.807) is 0 Å². The maximum Gasteiger partial charge on any atom is 0.203 e. The molecule has 1 fully saturated rings. The Kier molecular flexibility index (Phi) is 3.18. The van der Waals surface area contributed by atoms with Crippen molar-refractivity contribution < 1.29 is 4.39 Å². The molecule has 3 aromatic rings. The summed E-state index contributed by atoms with van der Waals surface area (Å²) in [4.78, 5) is 12.6. The molecule has 0 radical (unpaired) electrons. The molecule has 0 saturated carbocycles. The van der Waals surface area contributed by atoms with E-state index >= 15 is 0 Å². The van der Waals surface area contributed by atoms with Crippen molar-refractivity contribution in [1.29, 1.82) is 0 Å². The van der Waals surface area contributed by atoms with Crippen LogP contribution in [-0.2, 0) is 0 Å². The van der Waals surface area contributed by atoms with Crippen LogP contribution in [0.3, 0.4) is 0 Å². The zero-order chi connectivity index (χ0) is 14.9. The Bertz CT molecular complexity index is 740. The molecule has 1 aromatic heterocycles. The van der Waals surface area contributed by atoms with Crippen molar-refractivity contribution in [2.24, 2.45) is 0 Å². The Morgan fingerprint density at radius 2 is 1.55 bits per heavy atom. The molecule has 0 bridgehead atoms. The highest BCUT2D eigenvalue weighted by atomic mass is 19.1. The highest BCUT2D eigenvalue weighted by Gasteiger charge is 2.19. The van der Waals surface area contributed by atoms with Gasteiger partial charge in [0.1, 0.15) is 5.82 Å². The van der Waals surface area contributed by atoms with Crippen molar-refractivity contribution in [3.8, 4) is 0 Å². The van der Waals surface area contributed by atoms with E-state index in [0.29, 0.717) is 0 Å². The first-order chi connectivity index (χ1) is 10.8. The van der Waals surface area contributed by atoms with Crippen LogP contribution in [0.5, 0.6) is 0 Å². The van der Waals surface area contributed by atoms with Gasteiger partial charge in [0, 0.05) is 31.9 Å². The van der Waals surface area contributed by atoms with Crippen LogP contribution in [0.25, 0.3) is 11.0 Å². The van der Waals surface area contributed by atoms with E-state index in [-0.39, 0.29) is 5.82 Å². The molecule has 22 heavy (non-hydrogen) atoms. The molecule has 1 aliphatic rings. The van der Waals surface area contributed by atoms with Gasteiger partial charge in [-0.3, -0.25) is 0 Å². The van der Waals surface area contributed by atoms with E-state index in [0.717, 1.165) is 48.8 Å². The smallest absolute Gasteiger partial charge is 0.203 e. The molecule has 1 N–H and O–H groups in total. The lowest BCUT2D eigenvalue weighted by Crippen LogP contribution is -2.46. The number of benzene rings is 2. The normalized spacial score (nSPS) is 15.5. The average Bonchev–Trinajstić information content (AvgIpc) is 3.00. The zero-order valence-electron chi connectivity index (χ0n) is 12.2. The second-order valence-corrected chi connectivity index (χ2v) is 5.53. The Labute approximate surface area is 128 Å². The first-order valence-electron chi connectivity index (χ1n) is 7.50. The van der Waals surface area contributed by atoms with Gasteiger partial charge in [0.05, 0.1) is 11.0 Å². The third-order valence-corrected chi connectivity index (χ3v) is 4.15. The molecule has 4 rings (SSSR count). The summed E-state index contributed by atoms with van der Waals surface area (Å²) in [5.74, 6) is 0.740. The molecule has 0 unspecified atom stereocenters. The monoisotopic (exact) mass is 296 g/mol. The van der Waals surface area contributed by atoms with Crippen molar-refractivity contribution in [2.75, 3.05) is 36.0 Å². The van der Waals surface area contributed by atoms with Gasteiger partial charge < -0.3 is 14.8 Å². The van der Waals surface area contributed by atoms with Gasteiger partial charge in [-0.05, 0) is 36.4 Å². The summed E-state index contributed by atoms with van der Waals surface area (Å²) in [6.07, 6.45) is 0. The zero-order valence-corrected chi connectivity index (χ0v) is 12.2. The van der Waals surface area contributed by atoms with Crippen LogP contribution in [0.2, 0.25) is 0 Å². The second-order valence-electron chi connectivity index (χ2n) is 5.53. The number of halogens is 1. The van der Waals surface area contributed by atoms with Gasteiger partial charge >= 0.3 is 0 Å². The highest BCUT2D eigenvalue weighted by molar-refractivity contribution is 5.77.